The van der Waals surface area contributed by atoms with E-state index < -0.39 is 11.6 Å². The van der Waals surface area contributed by atoms with Crippen LogP contribution >= 0.6 is 0 Å². The van der Waals surface area contributed by atoms with E-state index in [2.05, 4.69) is 9.97 Å². The quantitative estimate of drug-likeness (QED) is 0.882. The summed E-state index contributed by atoms with van der Waals surface area (Å²) in [6, 6.07) is 3.46. The van der Waals surface area contributed by atoms with Gasteiger partial charge in [0, 0.05) is 37.0 Å². The van der Waals surface area contributed by atoms with Crippen LogP contribution in [0, 0.1) is 11.6 Å². The Labute approximate surface area is 97.3 Å². The number of hydrogen-bond acceptors (Lipinski definition) is 3. The maximum atomic E-state index is 13.4. The largest absolute Gasteiger partial charge is 0.326 e. The standard InChI is InChI=1S/C12H11F2N3/c13-10-2-1-9(11(14)4-10)3-12-16-6-8(5-15)7-17-12/h1-2,4,6-7H,3,5,15H2. The van der Waals surface area contributed by atoms with Crippen LogP contribution in [0.1, 0.15) is 17.0 Å². The summed E-state index contributed by atoms with van der Waals surface area (Å²) >= 11 is 0. The van der Waals surface area contributed by atoms with Crippen LogP contribution in [0.2, 0.25) is 0 Å². The summed E-state index contributed by atoms with van der Waals surface area (Å²) < 4.78 is 26.1. The molecule has 17 heavy (non-hydrogen) atoms. The van der Waals surface area contributed by atoms with Gasteiger partial charge in [-0.2, -0.15) is 0 Å². The summed E-state index contributed by atoms with van der Waals surface area (Å²) in [5, 5.41) is 0. The van der Waals surface area contributed by atoms with Gasteiger partial charge in [0.25, 0.3) is 0 Å². The van der Waals surface area contributed by atoms with Crippen molar-refractivity contribution in [2.45, 2.75) is 13.0 Å². The monoisotopic (exact) mass is 235 g/mol. The Kier molecular flexibility index (Phi) is 3.39. The SMILES string of the molecule is NCc1cnc(Cc2ccc(F)cc2F)nc1. The topological polar surface area (TPSA) is 51.8 Å². The fourth-order valence-corrected chi connectivity index (χ4v) is 1.41. The van der Waals surface area contributed by atoms with Crippen molar-refractivity contribution >= 4 is 0 Å². The highest BCUT2D eigenvalue weighted by Crippen LogP contribution is 2.12. The highest BCUT2D eigenvalue weighted by molar-refractivity contribution is 5.22. The van der Waals surface area contributed by atoms with Crippen molar-refractivity contribution in [3.05, 3.63) is 59.2 Å². The van der Waals surface area contributed by atoms with E-state index in [-0.39, 0.29) is 6.42 Å². The Morgan fingerprint density at radius 3 is 2.41 bits per heavy atom. The normalized spacial score (nSPS) is 10.5. The molecule has 2 N–H and O–H groups in total. The van der Waals surface area contributed by atoms with Crippen LogP contribution in [-0.4, -0.2) is 9.97 Å². The van der Waals surface area contributed by atoms with Crippen molar-refractivity contribution in [3.8, 4) is 0 Å². The maximum absolute atomic E-state index is 13.4. The second-order valence-electron chi connectivity index (χ2n) is 3.62. The molecule has 0 saturated carbocycles. The molecular formula is C12H11F2N3. The molecule has 0 amide bonds. The Hall–Kier alpha value is -1.88. The Bertz CT molecular complexity index is 512. The molecular weight excluding hydrogens is 224 g/mol. The Balaban J connectivity index is 2.19. The molecule has 0 fully saturated rings. The third-order valence-corrected chi connectivity index (χ3v) is 2.36. The minimum absolute atomic E-state index is 0.233. The fourth-order valence-electron chi connectivity index (χ4n) is 1.41. The van der Waals surface area contributed by atoms with Gasteiger partial charge in [0.2, 0.25) is 0 Å². The molecule has 2 rings (SSSR count). The summed E-state index contributed by atoms with van der Waals surface area (Å²) in [4.78, 5) is 8.11. The second-order valence-corrected chi connectivity index (χ2v) is 3.62. The molecule has 0 unspecified atom stereocenters. The lowest BCUT2D eigenvalue weighted by Crippen LogP contribution is -2.02. The van der Waals surface area contributed by atoms with Crippen molar-refractivity contribution in [2.75, 3.05) is 0 Å². The van der Waals surface area contributed by atoms with E-state index in [4.69, 9.17) is 5.73 Å². The number of hydrogen-bond donors (Lipinski definition) is 1. The smallest absolute Gasteiger partial charge is 0.132 e. The van der Waals surface area contributed by atoms with Gasteiger partial charge < -0.3 is 5.73 Å². The molecule has 0 radical (unpaired) electrons. The third-order valence-electron chi connectivity index (χ3n) is 2.36. The molecule has 0 aliphatic carbocycles. The van der Waals surface area contributed by atoms with Crippen molar-refractivity contribution in [3.63, 3.8) is 0 Å². The zero-order valence-electron chi connectivity index (χ0n) is 9.03. The summed E-state index contributed by atoms with van der Waals surface area (Å²) in [6.45, 7) is 0.366. The van der Waals surface area contributed by atoms with Crippen molar-refractivity contribution in [1.29, 1.82) is 0 Å². The van der Waals surface area contributed by atoms with E-state index in [9.17, 15) is 8.78 Å². The lowest BCUT2D eigenvalue weighted by Gasteiger charge is -2.03. The fraction of sp³-hybridized carbons (Fsp3) is 0.167. The maximum Gasteiger partial charge on any atom is 0.132 e. The molecule has 1 aromatic carbocycles. The minimum atomic E-state index is -0.592. The minimum Gasteiger partial charge on any atom is -0.326 e. The van der Waals surface area contributed by atoms with Crippen molar-refractivity contribution in [1.82, 2.24) is 9.97 Å². The van der Waals surface area contributed by atoms with Crippen LogP contribution in [0.25, 0.3) is 0 Å². The van der Waals surface area contributed by atoms with Crippen LogP contribution in [0.15, 0.2) is 30.6 Å². The first kappa shape index (κ1) is 11.6. The second kappa shape index (κ2) is 4.97. The van der Waals surface area contributed by atoms with Crippen LogP contribution in [0.3, 0.4) is 0 Å². The van der Waals surface area contributed by atoms with E-state index in [1.54, 1.807) is 12.4 Å². The van der Waals surface area contributed by atoms with Gasteiger partial charge in [0.1, 0.15) is 17.5 Å². The first-order valence-electron chi connectivity index (χ1n) is 5.13. The van der Waals surface area contributed by atoms with Gasteiger partial charge in [-0.05, 0) is 11.6 Å². The summed E-state index contributed by atoms with van der Waals surface area (Å²) in [5.41, 5.74) is 6.59. The molecule has 88 valence electrons. The lowest BCUT2D eigenvalue weighted by molar-refractivity contribution is 0.573. The van der Waals surface area contributed by atoms with Crippen LogP contribution < -0.4 is 5.73 Å². The molecule has 0 bridgehead atoms. The molecule has 0 saturated heterocycles. The third kappa shape index (κ3) is 2.82. The van der Waals surface area contributed by atoms with Crippen LogP contribution in [0.4, 0.5) is 8.78 Å². The van der Waals surface area contributed by atoms with Gasteiger partial charge in [-0.3, -0.25) is 0 Å². The van der Waals surface area contributed by atoms with Gasteiger partial charge in [-0.25, -0.2) is 18.7 Å². The highest BCUT2D eigenvalue weighted by atomic mass is 19.1. The van der Waals surface area contributed by atoms with Gasteiger partial charge in [-0.1, -0.05) is 6.07 Å². The highest BCUT2D eigenvalue weighted by Gasteiger charge is 2.06. The van der Waals surface area contributed by atoms with Gasteiger partial charge >= 0.3 is 0 Å². The van der Waals surface area contributed by atoms with Crippen LogP contribution in [0.5, 0.6) is 0 Å². The lowest BCUT2D eigenvalue weighted by atomic mass is 10.1. The van der Waals surface area contributed by atoms with E-state index in [1.165, 1.54) is 12.1 Å². The number of benzene rings is 1. The number of rotatable bonds is 3. The van der Waals surface area contributed by atoms with Gasteiger partial charge in [0.15, 0.2) is 0 Å². The molecule has 0 atom stereocenters. The van der Waals surface area contributed by atoms with Crippen molar-refractivity contribution < 1.29 is 8.78 Å². The average Bonchev–Trinajstić information content (AvgIpc) is 2.34. The first-order valence-corrected chi connectivity index (χ1v) is 5.13. The van der Waals surface area contributed by atoms with E-state index in [0.29, 0.717) is 17.9 Å². The van der Waals surface area contributed by atoms with Crippen LogP contribution in [-0.2, 0) is 13.0 Å². The number of aromatic nitrogens is 2. The van der Waals surface area contributed by atoms with Gasteiger partial charge in [-0.15, -0.1) is 0 Å². The van der Waals surface area contributed by atoms with E-state index >= 15 is 0 Å². The summed E-state index contributed by atoms with van der Waals surface area (Å²) in [6.07, 6.45) is 3.44. The summed E-state index contributed by atoms with van der Waals surface area (Å²) in [5.74, 6) is -0.699. The molecule has 1 aromatic heterocycles. The van der Waals surface area contributed by atoms with Crippen molar-refractivity contribution in [2.24, 2.45) is 5.73 Å². The predicted molar refractivity (Wildman–Crippen MR) is 59.1 cm³/mol. The van der Waals surface area contributed by atoms with E-state index in [0.717, 1.165) is 11.6 Å². The number of nitrogens with zero attached hydrogens (tertiary/aromatic N) is 2. The Morgan fingerprint density at radius 2 is 1.82 bits per heavy atom. The first-order chi connectivity index (χ1) is 8.19. The molecule has 3 nitrogen and oxygen atoms in total. The number of halogens is 2. The summed E-state index contributed by atoms with van der Waals surface area (Å²) in [7, 11) is 0. The van der Waals surface area contributed by atoms with Gasteiger partial charge in [0.05, 0.1) is 0 Å². The molecule has 0 aliphatic rings. The molecule has 2 aromatic rings. The van der Waals surface area contributed by atoms with E-state index in [1.807, 2.05) is 0 Å². The zero-order chi connectivity index (χ0) is 12.3. The average molecular weight is 235 g/mol. The predicted octanol–water partition coefficient (Wildman–Crippen LogP) is 1.80. The number of nitrogens with two attached hydrogens (primary N) is 1. The molecule has 5 heteroatoms. The molecule has 0 aliphatic heterocycles. The zero-order valence-corrected chi connectivity index (χ0v) is 9.03. The molecule has 0 spiro atoms. The molecule has 1 heterocycles. The Morgan fingerprint density at radius 1 is 1.12 bits per heavy atom.